The molecule has 49 heavy (non-hydrogen) atoms. The molecule has 5 aromatic rings. The topological polar surface area (TPSA) is 101 Å². The summed E-state index contributed by atoms with van der Waals surface area (Å²) in [5.41, 5.74) is 3.89. The van der Waals surface area contributed by atoms with Crippen molar-refractivity contribution in [2.45, 2.75) is 68.8 Å². The van der Waals surface area contributed by atoms with Gasteiger partial charge >= 0.3 is 0 Å². The van der Waals surface area contributed by atoms with E-state index < -0.39 is 43.5 Å². The number of hydrogen-bond acceptors (Lipinski definition) is 5. The first-order chi connectivity index (χ1) is 23.2. The second-order valence-corrected chi connectivity index (χ2v) is 16.5. The van der Waals surface area contributed by atoms with Crippen LogP contribution in [-0.4, -0.2) is 27.0 Å². The van der Waals surface area contributed by atoms with Gasteiger partial charge in [0.2, 0.25) is 10.0 Å². The Balaban J connectivity index is 1.66. The van der Waals surface area contributed by atoms with E-state index in [0.29, 0.717) is 38.9 Å². The zero-order valence-electron chi connectivity index (χ0n) is 28.4. The van der Waals surface area contributed by atoms with E-state index in [-0.39, 0.29) is 9.79 Å². The van der Waals surface area contributed by atoms with E-state index in [1.807, 2.05) is 44.2 Å². The number of nitrogens with one attached hydrogen (secondary N) is 1. The molecule has 0 bridgehead atoms. The number of rotatable bonds is 9. The first-order valence-electron chi connectivity index (χ1n) is 16.1. The van der Waals surface area contributed by atoms with Crippen LogP contribution < -0.4 is 4.72 Å². The maximum Gasteiger partial charge on any atom is 0.267 e. The highest BCUT2D eigenvalue weighted by molar-refractivity contribution is 7.90. The third kappa shape index (κ3) is 5.69. The summed E-state index contributed by atoms with van der Waals surface area (Å²) in [4.78, 5) is 15.5. The van der Waals surface area contributed by atoms with E-state index in [0.717, 1.165) is 15.4 Å². The molecule has 6 rings (SSSR count). The van der Waals surface area contributed by atoms with E-state index >= 15 is 4.79 Å². The second kappa shape index (κ2) is 12.7. The molecule has 1 N–H and O–H groups in total. The molecular formula is C40H40N2O5S2. The first kappa shape index (κ1) is 34.3. The molecule has 3 atom stereocenters. The van der Waals surface area contributed by atoms with Crippen LogP contribution in [0.3, 0.4) is 0 Å². The van der Waals surface area contributed by atoms with Crippen LogP contribution in [0.25, 0.3) is 0 Å². The fraction of sp³-hybridized carbons (Fsp3) is 0.225. The average Bonchev–Trinajstić information content (AvgIpc) is 3.03. The summed E-state index contributed by atoms with van der Waals surface area (Å²) in [6, 6.07) is 31.7. The van der Waals surface area contributed by atoms with Crippen molar-refractivity contribution >= 4 is 26.0 Å². The van der Waals surface area contributed by atoms with Gasteiger partial charge in [0.05, 0.1) is 21.9 Å². The van der Waals surface area contributed by atoms with Gasteiger partial charge in [-0.05, 0) is 80.5 Å². The van der Waals surface area contributed by atoms with Crippen LogP contribution in [0.1, 0.15) is 62.2 Å². The lowest BCUT2D eigenvalue weighted by molar-refractivity contribution is -0.153. The minimum absolute atomic E-state index is 0.0665. The molecule has 9 heteroatoms. The quantitative estimate of drug-likeness (QED) is 0.162. The highest BCUT2D eigenvalue weighted by Crippen LogP contribution is 2.60. The molecule has 5 aromatic carbocycles. The monoisotopic (exact) mass is 692 g/mol. The van der Waals surface area contributed by atoms with Gasteiger partial charge in [0.1, 0.15) is 5.41 Å². The number of aryl methyl sites for hydroxylation is 6. The summed E-state index contributed by atoms with van der Waals surface area (Å²) in [5, 5.41) is 0. The molecule has 7 nitrogen and oxygen atoms in total. The molecule has 1 fully saturated rings. The fourth-order valence-electron chi connectivity index (χ4n) is 7.81. The van der Waals surface area contributed by atoms with Crippen LogP contribution in [0.5, 0.6) is 0 Å². The Hall–Kier alpha value is -4.57. The molecule has 1 aliphatic heterocycles. The van der Waals surface area contributed by atoms with Gasteiger partial charge in [0.25, 0.3) is 15.9 Å². The van der Waals surface area contributed by atoms with Crippen molar-refractivity contribution in [1.82, 2.24) is 9.03 Å². The van der Waals surface area contributed by atoms with Crippen molar-refractivity contribution in [1.29, 1.82) is 0 Å². The van der Waals surface area contributed by atoms with Gasteiger partial charge < -0.3 is 0 Å². The van der Waals surface area contributed by atoms with Gasteiger partial charge in [0, 0.05) is 0 Å². The summed E-state index contributed by atoms with van der Waals surface area (Å²) in [5.74, 6) is -0.721. The van der Waals surface area contributed by atoms with E-state index in [1.54, 1.807) is 113 Å². The smallest absolute Gasteiger partial charge is 0.267 e. The maximum atomic E-state index is 15.3. The number of sulfonamides is 2. The van der Waals surface area contributed by atoms with Crippen molar-refractivity contribution in [3.8, 4) is 0 Å². The van der Waals surface area contributed by atoms with Gasteiger partial charge in [-0.1, -0.05) is 126 Å². The SMILES string of the molecule is Cc1cc(C)c(S(=O)(=O)NC(c2ccccc2)[C@@]2(c3ccccc3)C(=O)N(S(=O)(=O)c3c(C)cc(C)cc3C)[C@H]2c2ccccc2)c(C)c1. The van der Waals surface area contributed by atoms with E-state index in [9.17, 15) is 16.8 Å². The van der Waals surface area contributed by atoms with Crippen molar-refractivity contribution < 1.29 is 21.6 Å². The Morgan fingerprint density at radius 1 is 0.612 bits per heavy atom. The zero-order valence-corrected chi connectivity index (χ0v) is 30.1. The van der Waals surface area contributed by atoms with Crippen molar-refractivity contribution in [3.05, 3.63) is 165 Å². The molecule has 1 amide bonds. The lowest BCUT2D eigenvalue weighted by Gasteiger charge is -2.58. The predicted octanol–water partition coefficient (Wildman–Crippen LogP) is 7.47. The van der Waals surface area contributed by atoms with Crippen LogP contribution >= 0.6 is 0 Å². The highest BCUT2D eigenvalue weighted by Gasteiger charge is 2.70. The summed E-state index contributed by atoms with van der Waals surface area (Å²) in [6.07, 6.45) is 0. The van der Waals surface area contributed by atoms with Crippen LogP contribution in [0.2, 0.25) is 0 Å². The zero-order chi connectivity index (χ0) is 35.3. The fourth-order valence-corrected chi connectivity index (χ4v) is 11.6. The molecule has 1 aliphatic rings. The van der Waals surface area contributed by atoms with Gasteiger partial charge in [-0.2, -0.15) is 0 Å². The second-order valence-electron chi connectivity index (χ2n) is 13.1. The van der Waals surface area contributed by atoms with Gasteiger partial charge in [-0.3, -0.25) is 4.79 Å². The summed E-state index contributed by atoms with van der Waals surface area (Å²) in [7, 11) is -8.70. The predicted molar refractivity (Wildman–Crippen MR) is 192 cm³/mol. The third-order valence-corrected chi connectivity index (χ3v) is 13.2. The minimum atomic E-state index is -4.43. The summed E-state index contributed by atoms with van der Waals surface area (Å²) < 4.78 is 62.8. The van der Waals surface area contributed by atoms with Crippen LogP contribution in [0, 0.1) is 41.5 Å². The number of amides is 1. The standard InChI is InChI=1S/C40H40N2O5S2/c1-26-22-28(3)35(29(4)23-26)48(44,45)41-37(32-16-10-7-11-17-32)40(34-20-14-9-15-21-34)38(33-18-12-8-13-19-33)42(39(40)43)49(46,47)36-30(5)24-27(2)25-31(36)6/h7-25,37-38,41H,1-6H3/t37?,38-,40+/m0/s1. The number of nitrogens with zero attached hydrogens (tertiary/aromatic N) is 1. The van der Waals surface area contributed by atoms with E-state index in [2.05, 4.69) is 4.72 Å². The number of carbonyl (C=O) groups is 1. The molecule has 1 saturated heterocycles. The molecular weight excluding hydrogens is 653 g/mol. The van der Waals surface area contributed by atoms with Gasteiger partial charge in [0.15, 0.2) is 0 Å². The first-order valence-corrected chi connectivity index (χ1v) is 19.1. The number of benzene rings is 5. The molecule has 0 aliphatic carbocycles. The lowest BCUT2D eigenvalue weighted by Crippen LogP contribution is -2.71. The molecule has 0 aromatic heterocycles. The molecule has 1 unspecified atom stereocenters. The van der Waals surface area contributed by atoms with Gasteiger partial charge in [-0.15, -0.1) is 0 Å². The molecule has 0 spiro atoms. The van der Waals surface area contributed by atoms with Crippen molar-refractivity contribution in [3.63, 3.8) is 0 Å². The molecule has 0 saturated carbocycles. The maximum absolute atomic E-state index is 15.3. The Morgan fingerprint density at radius 2 is 1.04 bits per heavy atom. The van der Waals surface area contributed by atoms with E-state index in [4.69, 9.17) is 0 Å². The Kier molecular flexibility index (Phi) is 8.90. The third-order valence-electron chi connectivity index (χ3n) is 9.44. The van der Waals surface area contributed by atoms with Crippen molar-refractivity contribution in [2.24, 2.45) is 0 Å². The minimum Gasteiger partial charge on any atom is -0.273 e. The highest BCUT2D eigenvalue weighted by atomic mass is 32.2. The Bertz CT molecular complexity index is 2180. The average molecular weight is 693 g/mol. The van der Waals surface area contributed by atoms with Crippen LogP contribution in [0.4, 0.5) is 0 Å². The van der Waals surface area contributed by atoms with E-state index in [1.165, 1.54) is 0 Å². The normalized spacial score (nSPS) is 18.6. The summed E-state index contributed by atoms with van der Waals surface area (Å²) in [6.45, 7) is 10.8. The largest absolute Gasteiger partial charge is 0.273 e. The molecule has 1 heterocycles. The number of β-lactam (4-membered cyclic amide) rings is 1. The number of carbonyl (C=O) groups excluding carboxylic acids is 1. The van der Waals surface area contributed by atoms with Crippen LogP contribution in [0.15, 0.2) is 125 Å². The molecule has 252 valence electrons. The molecule has 0 radical (unpaired) electrons. The van der Waals surface area contributed by atoms with Crippen LogP contribution in [-0.2, 0) is 30.3 Å². The number of hydrogen-bond donors (Lipinski definition) is 1. The van der Waals surface area contributed by atoms with Crippen molar-refractivity contribution in [2.75, 3.05) is 0 Å². The summed E-state index contributed by atoms with van der Waals surface area (Å²) >= 11 is 0. The Morgan fingerprint density at radius 3 is 1.53 bits per heavy atom. The van der Waals surface area contributed by atoms with Gasteiger partial charge in [-0.25, -0.2) is 25.9 Å². The Labute approximate surface area is 289 Å². The lowest BCUT2D eigenvalue weighted by atomic mass is 9.59.